The Kier molecular flexibility index (Phi) is 6.05. The van der Waals surface area contributed by atoms with E-state index in [1.54, 1.807) is 29.3 Å². The third-order valence-corrected chi connectivity index (χ3v) is 6.12. The smallest absolute Gasteiger partial charge is 0.242 e. The van der Waals surface area contributed by atoms with Crippen LogP contribution in [0, 0.1) is 0 Å². The van der Waals surface area contributed by atoms with Crippen LogP contribution in [0.25, 0.3) is 11.0 Å². The van der Waals surface area contributed by atoms with Gasteiger partial charge in [0.1, 0.15) is 5.52 Å². The molecular weight excluding hydrogens is 382 g/mol. The number of imidazole rings is 1. The minimum absolute atomic E-state index is 0.0247. The second kappa shape index (κ2) is 8.48. The Labute approximate surface area is 163 Å². The van der Waals surface area contributed by atoms with Crippen LogP contribution in [-0.2, 0) is 27.8 Å². The number of carbonyl (C=O) groups is 1. The third kappa shape index (κ3) is 4.54. The molecule has 0 aliphatic heterocycles. The van der Waals surface area contributed by atoms with Crippen LogP contribution >= 0.6 is 0 Å². The van der Waals surface area contributed by atoms with Crippen molar-refractivity contribution in [1.82, 2.24) is 34.6 Å². The Balaban J connectivity index is 1.52. The average Bonchev–Trinajstić information content (AvgIpc) is 3.31. The zero-order chi connectivity index (χ0) is 20.1. The lowest BCUT2D eigenvalue weighted by atomic mass is 10.2. The lowest BCUT2D eigenvalue weighted by molar-refractivity contribution is -0.121. The first kappa shape index (κ1) is 20.0. The fourth-order valence-corrected chi connectivity index (χ4v) is 3.65. The summed E-state index contributed by atoms with van der Waals surface area (Å²) in [5.41, 5.74) is 2.22. The number of carbonyl (C=O) groups excluding carboxylic acids is 1. The summed E-state index contributed by atoms with van der Waals surface area (Å²) in [6.07, 6.45) is 5.02. The summed E-state index contributed by atoms with van der Waals surface area (Å²) >= 11 is 0. The fourth-order valence-electron chi connectivity index (χ4n) is 2.72. The normalized spacial score (nSPS) is 12.0. The van der Waals surface area contributed by atoms with Crippen molar-refractivity contribution in [2.75, 3.05) is 20.6 Å². The van der Waals surface area contributed by atoms with Crippen molar-refractivity contribution in [3.8, 4) is 0 Å². The van der Waals surface area contributed by atoms with E-state index in [2.05, 4.69) is 25.6 Å². The van der Waals surface area contributed by atoms with Crippen molar-refractivity contribution >= 4 is 27.0 Å². The molecule has 0 aliphatic carbocycles. The molecule has 0 fully saturated rings. The van der Waals surface area contributed by atoms with Gasteiger partial charge in [0.25, 0.3) is 0 Å². The fraction of sp³-hybridized carbons (Fsp3) is 0.412. The molecule has 0 saturated heterocycles. The summed E-state index contributed by atoms with van der Waals surface area (Å²) in [4.78, 5) is 19.0. The van der Waals surface area contributed by atoms with E-state index in [9.17, 15) is 13.2 Å². The van der Waals surface area contributed by atoms with Crippen molar-refractivity contribution in [1.29, 1.82) is 0 Å². The number of fused-ring (bicyclic) bond motifs is 1. The van der Waals surface area contributed by atoms with Gasteiger partial charge in [-0.1, -0.05) is 5.21 Å². The number of hydrogen-bond donors (Lipinski definition) is 2. The zero-order valence-corrected chi connectivity index (χ0v) is 16.6. The largest absolute Gasteiger partial charge is 0.356 e. The van der Waals surface area contributed by atoms with Crippen molar-refractivity contribution in [3.05, 3.63) is 36.4 Å². The van der Waals surface area contributed by atoms with Gasteiger partial charge in [-0.2, -0.15) is 0 Å². The highest BCUT2D eigenvalue weighted by Gasteiger charge is 2.18. The number of benzene rings is 1. The molecule has 28 heavy (non-hydrogen) atoms. The van der Waals surface area contributed by atoms with Crippen molar-refractivity contribution in [3.63, 3.8) is 0 Å². The Hall–Kier alpha value is -2.79. The first-order valence-corrected chi connectivity index (χ1v) is 10.3. The van der Waals surface area contributed by atoms with Crippen LogP contribution in [-0.4, -0.2) is 64.2 Å². The number of hydrogen-bond acceptors (Lipinski definition) is 6. The maximum absolute atomic E-state index is 12.2. The Morgan fingerprint density at radius 2 is 2.14 bits per heavy atom. The Bertz CT molecular complexity index is 1040. The number of H-pyrrole nitrogens is 1. The van der Waals surface area contributed by atoms with Crippen molar-refractivity contribution in [2.45, 2.75) is 30.7 Å². The van der Waals surface area contributed by atoms with Gasteiger partial charge in [-0.15, -0.1) is 5.10 Å². The number of aromatic amines is 1. The molecule has 1 aromatic carbocycles. The van der Waals surface area contributed by atoms with Gasteiger partial charge in [-0.3, -0.25) is 4.79 Å². The van der Waals surface area contributed by atoms with Crippen LogP contribution in [0.1, 0.15) is 18.5 Å². The average molecular weight is 405 g/mol. The summed E-state index contributed by atoms with van der Waals surface area (Å²) in [6.45, 7) is 1.07. The quantitative estimate of drug-likeness (QED) is 0.535. The van der Waals surface area contributed by atoms with Gasteiger partial charge in [0.15, 0.2) is 0 Å². The number of amides is 1. The monoisotopic (exact) mass is 405 g/mol. The van der Waals surface area contributed by atoms with Gasteiger partial charge in [0.05, 0.1) is 16.7 Å². The highest BCUT2D eigenvalue weighted by Crippen LogP contribution is 2.19. The van der Waals surface area contributed by atoms with Gasteiger partial charge < -0.3 is 10.3 Å². The molecule has 0 unspecified atom stereocenters. The van der Waals surface area contributed by atoms with Gasteiger partial charge in [0.2, 0.25) is 15.9 Å². The Morgan fingerprint density at radius 3 is 2.86 bits per heavy atom. The summed E-state index contributed by atoms with van der Waals surface area (Å²) in [6, 6.07) is 4.74. The molecule has 0 radical (unpaired) electrons. The molecule has 10 nitrogen and oxygen atoms in total. The molecule has 1 amide bonds. The van der Waals surface area contributed by atoms with Gasteiger partial charge >= 0.3 is 0 Å². The van der Waals surface area contributed by atoms with Gasteiger partial charge in [-0.25, -0.2) is 22.4 Å². The van der Waals surface area contributed by atoms with Gasteiger partial charge in [0, 0.05) is 51.9 Å². The van der Waals surface area contributed by atoms with E-state index in [1.807, 2.05) is 0 Å². The number of sulfonamides is 1. The van der Waals surface area contributed by atoms with Crippen LogP contribution in [0.2, 0.25) is 0 Å². The van der Waals surface area contributed by atoms with Crippen LogP contribution < -0.4 is 5.32 Å². The van der Waals surface area contributed by atoms with E-state index in [0.29, 0.717) is 37.9 Å². The van der Waals surface area contributed by atoms with Crippen LogP contribution in [0.3, 0.4) is 0 Å². The molecule has 0 bridgehead atoms. The predicted molar refractivity (Wildman–Crippen MR) is 103 cm³/mol. The van der Waals surface area contributed by atoms with Crippen molar-refractivity contribution in [2.24, 2.45) is 0 Å². The molecule has 0 saturated carbocycles. The molecule has 2 aromatic heterocycles. The first-order chi connectivity index (χ1) is 13.4. The van der Waals surface area contributed by atoms with E-state index < -0.39 is 10.0 Å². The SMILES string of the molecule is CN(C)S(=O)(=O)c1ccc2c(c1)nnn2CCCC(=O)NCCc1cnc[nH]1. The number of nitrogens with one attached hydrogen (secondary N) is 2. The molecule has 11 heteroatoms. The van der Waals surface area contributed by atoms with Crippen LogP contribution in [0.15, 0.2) is 35.6 Å². The second-order valence-electron chi connectivity index (χ2n) is 6.53. The molecule has 0 atom stereocenters. The molecule has 2 N–H and O–H groups in total. The summed E-state index contributed by atoms with van der Waals surface area (Å²) in [5.74, 6) is -0.0247. The van der Waals surface area contributed by atoms with E-state index in [4.69, 9.17) is 0 Å². The topological polar surface area (TPSA) is 126 Å². The van der Waals surface area contributed by atoms with Crippen LogP contribution in [0.4, 0.5) is 0 Å². The summed E-state index contributed by atoms with van der Waals surface area (Å²) in [7, 11) is -0.550. The third-order valence-electron chi connectivity index (χ3n) is 4.31. The number of rotatable bonds is 9. The highest BCUT2D eigenvalue weighted by molar-refractivity contribution is 7.89. The standard InChI is InChI=1S/C17H23N7O3S/c1-23(2)28(26,27)14-5-6-16-15(10-14)21-22-24(16)9-3-4-17(25)19-8-7-13-11-18-12-20-13/h5-6,10-12H,3-4,7-9H2,1-2H3,(H,18,20)(H,19,25). The maximum atomic E-state index is 12.2. The maximum Gasteiger partial charge on any atom is 0.242 e. The predicted octanol–water partition coefficient (Wildman–Crippen LogP) is 0.544. The van der Waals surface area contributed by atoms with Crippen LogP contribution in [0.5, 0.6) is 0 Å². The second-order valence-corrected chi connectivity index (χ2v) is 8.68. The van der Waals surface area contributed by atoms with E-state index in [0.717, 1.165) is 15.5 Å². The number of aromatic nitrogens is 5. The Morgan fingerprint density at radius 1 is 1.32 bits per heavy atom. The first-order valence-electron chi connectivity index (χ1n) is 8.87. The van der Waals surface area contributed by atoms with E-state index in [1.165, 1.54) is 20.2 Å². The molecule has 0 aliphatic rings. The molecule has 150 valence electrons. The molecule has 3 aromatic rings. The molecule has 2 heterocycles. The molecule has 0 spiro atoms. The minimum atomic E-state index is -3.52. The van der Waals surface area contributed by atoms with Crippen molar-refractivity contribution < 1.29 is 13.2 Å². The van der Waals surface area contributed by atoms with E-state index >= 15 is 0 Å². The zero-order valence-electron chi connectivity index (χ0n) is 15.8. The summed E-state index contributed by atoms with van der Waals surface area (Å²) < 4.78 is 27.3. The van der Waals surface area contributed by atoms with Gasteiger partial charge in [-0.05, 0) is 24.6 Å². The van der Waals surface area contributed by atoms with E-state index in [-0.39, 0.29) is 10.8 Å². The lowest BCUT2D eigenvalue weighted by Crippen LogP contribution is -2.25. The highest BCUT2D eigenvalue weighted by atomic mass is 32.2. The lowest BCUT2D eigenvalue weighted by Gasteiger charge is -2.11. The number of aryl methyl sites for hydroxylation is 1. The molecule has 3 rings (SSSR count). The molecular formula is C17H23N7O3S. The minimum Gasteiger partial charge on any atom is -0.356 e. The number of nitrogens with zero attached hydrogens (tertiary/aromatic N) is 5. The summed E-state index contributed by atoms with van der Waals surface area (Å²) in [5, 5.41) is 11.0.